The molecule has 1 saturated heterocycles. The Labute approximate surface area is 168 Å². The molecule has 0 spiro atoms. The summed E-state index contributed by atoms with van der Waals surface area (Å²) in [6, 6.07) is 5.70. The van der Waals surface area contributed by atoms with Crippen molar-refractivity contribution in [1.29, 1.82) is 0 Å². The Morgan fingerprint density at radius 3 is 2.47 bits per heavy atom. The van der Waals surface area contributed by atoms with E-state index in [1.165, 1.54) is 18.2 Å². The molecule has 0 radical (unpaired) electrons. The number of ether oxygens (including phenoxy) is 1. The van der Waals surface area contributed by atoms with Crippen LogP contribution in [0.1, 0.15) is 12.6 Å². The molecule has 1 aliphatic rings. The molecule has 0 saturated carbocycles. The Kier molecular flexibility index (Phi) is 6.72. The zero-order valence-corrected chi connectivity index (χ0v) is 17.5. The number of hydrogen-bond donors (Lipinski definition) is 5. The summed E-state index contributed by atoms with van der Waals surface area (Å²) in [7, 11) is -16.5. The van der Waals surface area contributed by atoms with E-state index in [0.29, 0.717) is 10.9 Å². The van der Waals surface area contributed by atoms with Crippen LogP contribution in [-0.2, 0) is 31.6 Å². The average Bonchev–Trinajstić information content (AvgIpc) is 3.12. The van der Waals surface area contributed by atoms with Crippen molar-refractivity contribution >= 4 is 34.4 Å². The SMILES string of the molecule is O=P(O)(O)OP(=O)(O)OP(=O)(O)OC[C@H]1O[C@@H](n2ccc3cc(F)ccc32)C[C@@H]1O. The second-order valence-corrected chi connectivity index (χ2v) is 10.7. The van der Waals surface area contributed by atoms with Gasteiger partial charge in [-0.1, -0.05) is 0 Å². The molecule has 0 amide bonds. The lowest BCUT2D eigenvalue weighted by molar-refractivity contribution is -0.0420. The second kappa shape index (κ2) is 8.51. The van der Waals surface area contributed by atoms with Crippen molar-refractivity contribution in [3.8, 4) is 0 Å². The molecular weight excluding hydrogens is 474 g/mol. The van der Waals surface area contributed by atoms with Gasteiger partial charge in [0.2, 0.25) is 0 Å². The van der Waals surface area contributed by atoms with E-state index in [-0.39, 0.29) is 6.42 Å². The van der Waals surface area contributed by atoms with Crippen molar-refractivity contribution in [3.05, 3.63) is 36.3 Å². The summed E-state index contributed by atoms with van der Waals surface area (Å²) >= 11 is 0. The lowest BCUT2D eigenvalue weighted by Crippen LogP contribution is -2.26. The van der Waals surface area contributed by atoms with Gasteiger partial charge in [0.05, 0.1) is 18.2 Å². The molecule has 0 bridgehead atoms. The van der Waals surface area contributed by atoms with Gasteiger partial charge in [0.15, 0.2) is 0 Å². The number of rotatable bonds is 8. The average molecular weight is 491 g/mol. The molecule has 13 nitrogen and oxygen atoms in total. The highest BCUT2D eigenvalue weighted by Gasteiger charge is 2.42. The van der Waals surface area contributed by atoms with Gasteiger partial charge in [0, 0.05) is 18.0 Å². The number of aliphatic hydroxyl groups is 1. The van der Waals surface area contributed by atoms with Crippen LogP contribution in [0.5, 0.6) is 0 Å². The first-order chi connectivity index (χ1) is 13.7. The Balaban J connectivity index is 1.63. The van der Waals surface area contributed by atoms with Gasteiger partial charge < -0.3 is 34.0 Å². The van der Waals surface area contributed by atoms with Crippen molar-refractivity contribution < 1.29 is 60.6 Å². The Bertz CT molecular complexity index is 1070. The van der Waals surface area contributed by atoms with E-state index in [2.05, 4.69) is 13.1 Å². The fraction of sp³-hybridized carbons (Fsp3) is 0.385. The van der Waals surface area contributed by atoms with E-state index >= 15 is 0 Å². The van der Waals surface area contributed by atoms with E-state index in [0.717, 1.165) is 0 Å². The molecule has 1 aromatic carbocycles. The monoisotopic (exact) mass is 491 g/mol. The quantitative estimate of drug-likeness (QED) is 0.337. The lowest BCUT2D eigenvalue weighted by atomic mass is 10.2. The molecule has 30 heavy (non-hydrogen) atoms. The lowest BCUT2D eigenvalue weighted by Gasteiger charge is -2.19. The number of phosphoric ester groups is 1. The second-order valence-electron chi connectivity index (χ2n) is 6.25. The van der Waals surface area contributed by atoms with Crippen LogP contribution in [0.2, 0.25) is 0 Å². The molecule has 3 rings (SSSR count). The van der Waals surface area contributed by atoms with Crippen molar-refractivity contribution in [2.45, 2.75) is 24.9 Å². The summed E-state index contributed by atoms with van der Waals surface area (Å²) in [5, 5.41) is 10.7. The van der Waals surface area contributed by atoms with E-state index in [1.54, 1.807) is 16.8 Å². The van der Waals surface area contributed by atoms with Gasteiger partial charge in [-0.3, -0.25) is 4.52 Å². The van der Waals surface area contributed by atoms with E-state index < -0.39 is 54.3 Å². The molecule has 2 aromatic rings. The number of fused-ring (bicyclic) bond motifs is 1. The molecule has 168 valence electrons. The maximum absolute atomic E-state index is 13.3. The topological polar surface area (TPSA) is 194 Å². The fourth-order valence-electron chi connectivity index (χ4n) is 2.89. The third kappa shape index (κ3) is 6.04. The number of aromatic nitrogens is 1. The summed E-state index contributed by atoms with van der Waals surface area (Å²) in [6.07, 6.45) is -1.40. The van der Waals surface area contributed by atoms with Crippen LogP contribution in [0.3, 0.4) is 0 Å². The molecule has 0 aliphatic carbocycles. The number of aliphatic hydroxyl groups excluding tert-OH is 1. The van der Waals surface area contributed by atoms with Crippen LogP contribution in [-0.4, -0.2) is 48.1 Å². The Morgan fingerprint density at radius 1 is 1.10 bits per heavy atom. The number of nitrogens with zero attached hydrogens (tertiary/aromatic N) is 1. The first-order valence-corrected chi connectivity index (χ1v) is 12.6. The summed E-state index contributed by atoms with van der Waals surface area (Å²) in [6.45, 7) is -0.769. The van der Waals surface area contributed by atoms with Crippen molar-refractivity contribution in [1.82, 2.24) is 4.57 Å². The predicted molar refractivity (Wildman–Crippen MR) is 96.2 cm³/mol. The summed E-state index contributed by atoms with van der Waals surface area (Å²) in [4.78, 5) is 35.6. The van der Waals surface area contributed by atoms with Gasteiger partial charge in [-0.2, -0.15) is 8.62 Å². The van der Waals surface area contributed by atoms with Crippen molar-refractivity contribution in [3.63, 3.8) is 0 Å². The maximum Gasteiger partial charge on any atom is 0.490 e. The molecule has 5 atom stereocenters. The Morgan fingerprint density at radius 2 is 1.80 bits per heavy atom. The smallest absolute Gasteiger partial charge is 0.390 e. The minimum atomic E-state index is -5.63. The van der Waals surface area contributed by atoms with Crippen LogP contribution < -0.4 is 0 Å². The normalized spacial score (nSPS) is 26.5. The minimum Gasteiger partial charge on any atom is -0.390 e. The van der Waals surface area contributed by atoms with E-state index in [1.807, 2.05) is 0 Å². The molecule has 5 N–H and O–H groups in total. The van der Waals surface area contributed by atoms with Gasteiger partial charge in [-0.15, -0.1) is 0 Å². The summed E-state index contributed by atoms with van der Waals surface area (Å²) < 4.78 is 65.9. The first kappa shape index (κ1) is 23.7. The molecule has 1 fully saturated rings. The van der Waals surface area contributed by atoms with Gasteiger partial charge in [0.25, 0.3) is 0 Å². The number of halogens is 1. The van der Waals surface area contributed by atoms with Crippen molar-refractivity contribution in [2.24, 2.45) is 0 Å². The molecule has 2 heterocycles. The summed E-state index contributed by atoms with van der Waals surface area (Å²) in [5.41, 5.74) is 0.613. The zero-order valence-electron chi connectivity index (χ0n) is 14.8. The predicted octanol–water partition coefficient (Wildman–Crippen LogP) is 1.77. The summed E-state index contributed by atoms with van der Waals surface area (Å²) in [5.74, 6) is -0.429. The highest BCUT2D eigenvalue weighted by molar-refractivity contribution is 7.66. The third-order valence-corrected chi connectivity index (χ3v) is 7.82. The number of benzene rings is 1. The third-order valence-electron chi connectivity index (χ3n) is 4.01. The van der Waals surface area contributed by atoms with Gasteiger partial charge in [-0.25, -0.2) is 18.1 Å². The standard InChI is InChI=1S/C13H17FNO12P3/c14-9-1-2-10-8(5-9)3-4-15(10)13-6-11(16)12(25-13)7-24-29(20,21)27-30(22,23)26-28(17,18)19/h1-5,11-13,16H,6-7H2,(H,20,21)(H,22,23)(H2,17,18,19)/t11-,12+,13+/m0/s1. The van der Waals surface area contributed by atoms with E-state index in [4.69, 9.17) is 19.4 Å². The molecule has 1 aliphatic heterocycles. The minimum absolute atomic E-state index is 0.0472. The first-order valence-electron chi connectivity index (χ1n) is 8.13. The van der Waals surface area contributed by atoms with Crippen molar-refractivity contribution in [2.75, 3.05) is 6.61 Å². The van der Waals surface area contributed by atoms with Crippen LogP contribution in [0.25, 0.3) is 10.9 Å². The van der Waals surface area contributed by atoms with Crippen LogP contribution in [0.4, 0.5) is 4.39 Å². The van der Waals surface area contributed by atoms with Crippen LogP contribution in [0.15, 0.2) is 30.5 Å². The Hall–Kier alpha value is -0.980. The van der Waals surface area contributed by atoms with Crippen LogP contribution >= 0.6 is 23.5 Å². The highest BCUT2D eigenvalue weighted by Crippen LogP contribution is 2.66. The van der Waals surface area contributed by atoms with Gasteiger partial charge >= 0.3 is 23.5 Å². The zero-order chi connectivity index (χ0) is 22.3. The largest absolute Gasteiger partial charge is 0.490 e. The highest BCUT2D eigenvalue weighted by atomic mass is 31.3. The van der Waals surface area contributed by atoms with Gasteiger partial charge in [-0.05, 0) is 24.3 Å². The molecule has 17 heteroatoms. The molecule has 1 aromatic heterocycles. The van der Waals surface area contributed by atoms with Gasteiger partial charge in [0.1, 0.15) is 18.1 Å². The number of hydrogen-bond acceptors (Lipinski definition) is 8. The fourth-order valence-corrected chi connectivity index (χ4v) is 5.92. The maximum atomic E-state index is 13.3. The molecule has 2 unspecified atom stereocenters. The van der Waals surface area contributed by atoms with E-state index in [9.17, 15) is 28.1 Å². The molecular formula is C13H17FNO12P3. The van der Waals surface area contributed by atoms with Crippen LogP contribution in [0, 0.1) is 5.82 Å². The number of phosphoric acid groups is 3.